The minimum Gasteiger partial charge on any atom is -0.378 e. The molecule has 0 spiro atoms. The van der Waals surface area contributed by atoms with E-state index in [1.165, 1.54) is 11.1 Å². The largest absolute Gasteiger partial charge is 0.378 e. The zero-order valence-corrected chi connectivity index (χ0v) is 12.6. The van der Waals surface area contributed by atoms with Crippen LogP contribution < -0.4 is 5.32 Å². The summed E-state index contributed by atoms with van der Waals surface area (Å²) in [5, 5.41) is 2.92. The van der Waals surface area contributed by atoms with Crippen LogP contribution in [0.15, 0.2) is 18.2 Å². The molecule has 1 aromatic rings. The van der Waals surface area contributed by atoms with E-state index in [2.05, 4.69) is 40.3 Å². The van der Waals surface area contributed by atoms with Gasteiger partial charge in [-0.1, -0.05) is 28.1 Å². The maximum absolute atomic E-state index is 11.4. The van der Waals surface area contributed by atoms with Crippen LogP contribution in [0.4, 0.5) is 5.69 Å². The zero-order chi connectivity index (χ0) is 13.4. The van der Waals surface area contributed by atoms with E-state index in [1.54, 1.807) is 0 Å². The van der Waals surface area contributed by atoms with E-state index < -0.39 is 0 Å². The number of hydrogen-bond acceptors (Lipinski definition) is 2. The first kappa shape index (κ1) is 13.1. The average molecular weight is 324 g/mol. The summed E-state index contributed by atoms with van der Waals surface area (Å²) in [6, 6.07) is 6.35. The summed E-state index contributed by atoms with van der Waals surface area (Å²) in [5.41, 5.74) is 3.50. The molecule has 3 unspecified atom stereocenters. The van der Waals surface area contributed by atoms with Crippen LogP contribution >= 0.6 is 15.9 Å². The zero-order valence-electron chi connectivity index (χ0n) is 11.0. The maximum Gasteiger partial charge on any atom is 0.224 e. The van der Waals surface area contributed by atoms with Gasteiger partial charge in [-0.25, -0.2) is 0 Å². The van der Waals surface area contributed by atoms with Crippen molar-refractivity contribution in [2.75, 3.05) is 11.9 Å². The molecule has 1 aromatic carbocycles. The Hall–Kier alpha value is -0.870. The SMILES string of the molecule is CC1CC(C(Br)c2ccc3c(c2)CCC(=O)N3)CO1. The van der Waals surface area contributed by atoms with E-state index in [1.807, 2.05) is 6.07 Å². The van der Waals surface area contributed by atoms with Gasteiger partial charge >= 0.3 is 0 Å². The van der Waals surface area contributed by atoms with Gasteiger partial charge in [-0.3, -0.25) is 4.79 Å². The van der Waals surface area contributed by atoms with Crippen molar-refractivity contribution in [3.8, 4) is 0 Å². The molecule has 4 heteroatoms. The van der Waals surface area contributed by atoms with Gasteiger partial charge in [-0.15, -0.1) is 0 Å². The van der Waals surface area contributed by atoms with Gasteiger partial charge in [-0.2, -0.15) is 0 Å². The van der Waals surface area contributed by atoms with Crippen LogP contribution in [0.5, 0.6) is 0 Å². The number of halogens is 1. The van der Waals surface area contributed by atoms with Gasteiger partial charge in [-0.05, 0) is 37.0 Å². The summed E-state index contributed by atoms with van der Waals surface area (Å²) in [5.74, 6) is 0.653. The van der Waals surface area contributed by atoms with E-state index >= 15 is 0 Å². The van der Waals surface area contributed by atoms with Crippen molar-refractivity contribution in [2.45, 2.75) is 37.1 Å². The lowest BCUT2D eigenvalue weighted by Crippen LogP contribution is -2.19. The highest BCUT2D eigenvalue weighted by molar-refractivity contribution is 9.09. The summed E-state index contributed by atoms with van der Waals surface area (Å²) in [6.45, 7) is 2.95. The van der Waals surface area contributed by atoms with Crippen molar-refractivity contribution in [1.82, 2.24) is 0 Å². The molecule has 1 N–H and O–H groups in total. The number of alkyl halides is 1. The molecular formula is C15H18BrNO2. The average Bonchev–Trinajstić information content (AvgIpc) is 2.84. The molecular weight excluding hydrogens is 306 g/mol. The summed E-state index contributed by atoms with van der Waals surface area (Å²) in [7, 11) is 0. The van der Waals surface area contributed by atoms with Gasteiger partial charge in [0.05, 0.1) is 12.7 Å². The lowest BCUT2D eigenvalue weighted by atomic mass is 9.93. The standard InChI is InChI=1S/C15H18BrNO2/c1-9-6-12(8-19-9)15(16)11-2-4-13-10(7-11)3-5-14(18)17-13/h2,4,7,9,12,15H,3,5-6,8H2,1H3,(H,17,18). The van der Waals surface area contributed by atoms with Crippen molar-refractivity contribution in [3.05, 3.63) is 29.3 Å². The molecule has 0 saturated carbocycles. The number of aryl methyl sites for hydroxylation is 1. The normalized spacial score (nSPS) is 27.8. The number of rotatable bonds is 2. The molecule has 0 radical (unpaired) electrons. The van der Waals surface area contributed by atoms with E-state index in [9.17, 15) is 4.79 Å². The van der Waals surface area contributed by atoms with Crippen LogP contribution in [0.1, 0.15) is 35.7 Å². The van der Waals surface area contributed by atoms with Gasteiger partial charge in [0.25, 0.3) is 0 Å². The highest BCUT2D eigenvalue weighted by Gasteiger charge is 2.29. The molecule has 3 rings (SSSR count). The third-order valence-electron chi connectivity index (χ3n) is 3.99. The number of fused-ring (bicyclic) bond motifs is 1. The number of carbonyl (C=O) groups is 1. The van der Waals surface area contributed by atoms with E-state index in [4.69, 9.17) is 4.74 Å². The summed E-state index contributed by atoms with van der Waals surface area (Å²) in [4.78, 5) is 11.7. The Kier molecular flexibility index (Phi) is 3.63. The monoisotopic (exact) mass is 323 g/mol. The molecule has 0 bridgehead atoms. The number of hydrogen-bond donors (Lipinski definition) is 1. The molecule has 2 aliphatic rings. The number of ether oxygens (including phenoxy) is 1. The fourth-order valence-corrected chi connectivity index (χ4v) is 3.55. The Morgan fingerprint density at radius 2 is 2.26 bits per heavy atom. The predicted molar refractivity (Wildman–Crippen MR) is 78.6 cm³/mol. The highest BCUT2D eigenvalue weighted by Crippen LogP contribution is 2.39. The number of benzene rings is 1. The van der Waals surface area contributed by atoms with Crippen molar-refractivity contribution >= 4 is 27.5 Å². The molecule has 0 aliphatic carbocycles. The second-order valence-electron chi connectivity index (χ2n) is 5.51. The molecule has 102 valence electrons. The molecule has 2 heterocycles. The number of amides is 1. The third kappa shape index (κ3) is 2.70. The number of anilines is 1. The van der Waals surface area contributed by atoms with Gasteiger partial charge in [0.2, 0.25) is 5.91 Å². The molecule has 19 heavy (non-hydrogen) atoms. The Morgan fingerprint density at radius 1 is 1.42 bits per heavy atom. The molecule has 0 aromatic heterocycles. The van der Waals surface area contributed by atoms with E-state index in [-0.39, 0.29) is 5.91 Å². The molecule has 3 nitrogen and oxygen atoms in total. The van der Waals surface area contributed by atoms with Crippen molar-refractivity contribution in [1.29, 1.82) is 0 Å². The van der Waals surface area contributed by atoms with Crippen LogP contribution in [0.2, 0.25) is 0 Å². The first-order valence-corrected chi connectivity index (χ1v) is 7.73. The minimum absolute atomic E-state index is 0.119. The quantitative estimate of drug-likeness (QED) is 0.847. The second kappa shape index (κ2) is 5.25. The minimum atomic E-state index is 0.119. The molecule has 1 amide bonds. The summed E-state index contributed by atoms with van der Waals surface area (Å²) >= 11 is 3.81. The van der Waals surface area contributed by atoms with Crippen LogP contribution in [0, 0.1) is 5.92 Å². The maximum atomic E-state index is 11.4. The molecule has 1 fully saturated rings. The Bertz CT molecular complexity index is 503. The van der Waals surface area contributed by atoms with Gasteiger partial charge < -0.3 is 10.1 Å². The van der Waals surface area contributed by atoms with Crippen molar-refractivity contribution < 1.29 is 9.53 Å². The smallest absolute Gasteiger partial charge is 0.224 e. The Balaban J connectivity index is 1.80. The van der Waals surface area contributed by atoms with E-state index in [0.29, 0.717) is 23.3 Å². The molecule has 3 atom stereocenters. The lowest BCUT2D eigenvalue weighted by Gasteiger charge is -2.21. The number of nitrogens with one attached hydrogen (secondary N) is 1. The fourth-order valence-electron chi connectivity index (χ4n) is 2.90. The predicted octanol–water partition coefficient (Wildman–Crippen LogP) is 3.43. The highest BCUT2D eigenvalue weighted by atomic mass is 79.9. The third-order valence-corrected chi connectivity index (χ3v) is 5.26. The second-order valence-corrected chi connectivity index (χ2v) is 6.49. The van der Waals surface area contributed by atoms with Gasteiger partial charge in [0.15, 0.2) is 0 Å². The summed E-state index contributed by atoms with van der Waals surface area (Å²) in [6.07, 6.45) is 2.89. The molecule has 1 saturated heterocycles. The van der Waals surface area contributed by atoms with Crippen LogP contribution in [-0.2, 0) is 16.0 Å². The van der Waals surface area contributed by atoms with Crippen molar-refractivity contribution in [2.24, 2.45) is 5.92 Å². The van der Waals surface area contributed by atoms with Gasteiger partial charge in [0.1, 0.15) is 0 Å². The van der Waals surface area contributed by atoms with E-state index in [0.717, 1.165) is 25.1 Å². The van der Waals surface area contributed by atoms with Crippen LogP contribution in [-0.4, -0.2) is 18.6 Å². The summed E-state index contributed by atoms with van der Waals surface area (Å²) < 4.78 is 5.65. The Labute approximate surface area is 121 Å². The Morgan fingerprint density at radius 3 is 3.00 bits per heavy atom. The first-order chi connectivity index (χ1) is 9.13. The van der Waals surface area contributed by atoms with Crippen LogP contribution in [0.3, 0.4) is 0 Å². The fraction of sp³-hybridized carbons (Fsp3) is 0.533. The topological polar surface area (TPSA) is 38.3 Å². The van der Waals surface area contributed by atoms with Crippen molar-refractivity contribution in [3.63, 3.8) is 0 Å². The van der Waals surface area contributed by atoms with Crippen LogP contribution in [0.25, 0.3) is 0 Å². The lowest BCUT2D eigenvalue weighted by molar-refractivity contribution is -0.116. The van der Waals surface area contributed by atoms with Gasteiger partial charge in [0, 0.05) is 22.9 Å². The number of carbonyl (C=O) groups excluding carboxylic acids is 1. The molecule has 2 aliphatic heterocycles. The first-order valence-electron chi connectivity index (χ1n) is 6.82.